The summed E-state index contributed by atoms with van der Waals surface area (Å²) < 4.78 is 11.3. The van der Waals surface area contributed by atoms with Gasteiger partial charge in [0.25, 0.3) is 0 Å². The van der Waals surface area contributed by atoms with Gasteiger partial charge in [-0.25, -0.2) is 4.79 Å². The Hall–Kier alpha value is -3.47. The van der Waals surface area contributed by atoms with Gasteiger partial charge in [-0.15, -0.1) is 0 Å². The number of esters is 1. The van der Waals surface area contributed by atoms with Crippen molar-refractivity contribution in [3.8, 4) is 11.5 Å². The summed E-state index contributed by atoms with van der Waals surface area (Å²) in [5.41, 5.74) is 2.02. The minimum absolute atomic E-state index is 0.403. The second-order valence-electron chi connectivity index (χ2n) is 8.24. The van der Waals surface area contributed by atoms with Gasteiger partial charge in [0, 0.05) is 6.20 Å². The first-order valence-corrected chi connectivity index (χ1v) is 12.2. The first-order chi connectivity index (χ1) is 16.7. The Morgan fingerprint density at radius 1 is 0.824 bits per heavy atom. The maximum atomic E-state index is 12.4. The maximum absolute atomic E-state index is 12.4. The molecule has 1 heterocycles. The average molecular weight is 459 g/mol. The van der Waals surface area contributed by atoms with Crippen LogP contribution in [0, 0.1) is 0 Å². The number of hydrogen-bond donors (Lipinski definition) is 0. The summed E-state index contributed by atoms with van der Waals surface area (Å²) in [4.78, 5) is 21.0. The van der Waals surface area contributed by atoms with Crippen LogP contribution in [-0.4, -0.2) is 23.8 Å². The molecule has 0 saturated carbocycles. The molecule has 1 aromatic heterocycles. The molecule has 34 heavy (non-hydrogen) atoms. The molecule has 3 aromatic rings. The number of ether oxygens (including phenoxy) is 2. The van der Waals surface area contributed by atoms with E-state index in [0.29, 0.717) is 17.9 Å². The number of hydrogen-bond acceptors (Lipinski definition) is 5. The molecule has 0 radical (unpaired) electrons. The molecule has 0 unspecified atom stereocenters. The Bertz CT molecular complexity index is 1000. The summed E-state index contributed by atoms with van der Waals surface area (Å²) >= 11 is 0. The van der Waals surface area contributed by atoms with Crippen molar-refractivity contribution in [1.82, 2.24) is 4.98 Å². The van der Waals surface area contributed by atoms with Crippen molar-refractivity contribution in [1.29, 1.82) is 0 Å². The summed E-state index contributed by atoms with van der Waals surface area (Å²) in [5.74, 6) is 0.839. The van der Waals surface area contributed by atoms with Gasteiger partial charge < -0.3 is 9.47 Å². The number of pyridine rings is 1. The van der Waals surface area contributed by atoms with Crippen molar-refractivity contribution in [2.24, 2.45) is 4.99 Å². The van der Waals surface area contributed by atoms with Gasteiger partial charge in [-0.05, 0) is 67.1 Å². The lowest BCUT2D eigenvalue weighted by Gasteiger charge is -2.08. The highest BCUT2D eigenvalue weighted by Crippen LogP contribution is 2.20. The number of rotatable bonds is 14. The van der Waals surface area contributed by atoms with Crippen molar-refractivity contribution in [2.75, 3.05) is 6.61 Å². The molecule has 0 aliphatic rings. The first kappa shape index (κ1) is 25.2. The van der Waals surface area contributed by atoms with Crippen LogP contribution in [0.15, 0.2) is 77.9 Å². The fourth-order valence-electron chi connectivity index (χ4n) is 3.47. The van der Waals surface area contributed by atoms with Crippen LogP contribution >= 0.6 is 0 Å². The summed E-state index contributed by atoms with van der Waals surface area (Å²) in [5, 5.41) is 0. The van der Waals surface area contributed by atoms with Crippen molar-refractivity contribution < 1.29 is 14.3 Å². The molecule has 3 rings (SSSR count). The SMILES string of the molecule is CCCCCCCCCCOc1ccc(C(=O)Oc2ccc(N=Cc3ccccn3)cc2)cc1. The predicted molar refractivity (Wildman–Crippen MR) is 137 cm³/mol. The van der Waals surface area contributed by atoms with Crippen LogP contribution in [0.25, 0.3) is 0 Å². The molecule has 2 aromatic carbocycles. The van der Waals surface area contributed by atoms with Gasteiger partial charge in [-0.2, -0.15) is 0 Å². The highest BCUT2D eigenvalue weighted by atomic mass is 16.5. The molecule has 178 valence electrons. The molecule has 0 N–H and O–H groups in total. The zero-order valence-electron chi connectivity index (χ0n) is 20.0. The van der Waals surface area contributed by atoms with Gasteiger partial charge in [-0.3, -0.25) is 9.98 Å². The topological polar surface area (TPSA) is 60.8 Å². The Morgan fingerprint density at radius 3 is 2.18 bits per heavy atom. The molecular formula is C29H34N2O3. The number of carbonyl (C=O) groups excluding carboxylic acids is 1. The summed E-state index contributed by atoms with van der Waals surface area (Å²) in [6.07, 6.45) is 13.6. The van der Waals surface area contributed by atoms with Crippen LogP contribution in [0.4, 0.5) is 5.69 Å². The van der Waals surface area contributed by atoms with Crippen molar-refractivity contribution in [3.63, 3.8) is 0 Å². The van der Waals surface area contributed by atoms with E-state index in [-0.39, 0.29) is 0 Å². The molecule has 0 bridgehead atoms. The fraction of sp³-hybridized carbons (Fsp3) is 0.345. The minimum Gasteiger partial charge on any atom is -0.494 e. The van der Waals surface area contributed by atoms with Gasteiger partial charge in [0.15, 0.2) is 0 Å². The summed E-state index contributed by atoms with van der Waals surface area (Å²) in [6.45, 7) is 2.95. The van der Waals surface area contributed by atoms with Crippen LogP contribution in [-0.2, 0) is 0 Å². The second-order valence-corrected chi connectivity index (χ2v) is 8.24. The van der Waals surface area contributed by atoms with Crippen LogP contribution in [0.1, 0.15) is 74.3 Å². The molecule has 0 amide bonds. The molecule has 5 nitrogen and oxygen atoms in total. The Labute approximate surface area is 202 Å². The van der Waals surface area contributed by atoms with Crippen LogP contribution < -0.4 is 9.47 Å². The Morgan fingerprint density at radius 2 is 1.50 bits per heavy atom. The third-order valence-electron chi connectivity index (χ3n) is 5.44. The number of unbranched alkanes of at least 4 members (excludes halogenated alkanes) is 7. The van der Waals surface area contributed by atoms with Gasteiger partial charge in [-0.1, -0.05) is 57.9 Å². The van der Waals surface area contributed by atoms with E-state index < -0.39 is 5.97 Å². The number of carbonyl (C=O) groups is 1. The van der Waals surface area contributed by atoms with E-state index in [1.165, 1.54) is 44.9 Å². The van der Waals surface area contributed by atoms with E-state index in [2.05, 4.69) is 16.9 Å². The average Bonchev–Trinajstić information content (AvgIpc) is 2.88. The number of aliphatic imine (C=N–C) groups is 1. The lowest BCUT2D eigenvalue weighted by molar-refractivity contribution is 0.0734. The first-order valence-electron chi connectivity index (χ1n) is 12.2. The molecule has 0 fully saturated rings. The van der Waals surface area contributed by atoms with Crippen LogP contribution in [0.3, 0.4) is 0 Å². The van der Waals surface area contributed by atoms with Gasteiger partial charge >= 0.3 is 5.97 Å². The highest BCUT2D eigenvalue weighted by Gasteiger charge is 2.09. The Kier molecular flexibility index (Phi) is 10.8. The lowest BCUT2D eigenvalue weighted by atomic mass is 10.1. The number of nitrogens with zero attached hydrogens (tertiary/aromatic N) is 2. The van der Waals surface area contributed by atoms with E-state index >= 15 is 0 Å². The Balaban J connectivity index is 1.37. The lowest BCUT2D eigenvalue weighted by Crippen LogP contribution is -2.08. The number of aromatic nitrogens is 1. The predicted octanol–water partition coefficient (Wildman–Crippen LogP) is 7.57. The number of benzene rings is 2. The monoisotopic (exact) mass is 458 g/mol. The summed E-state index contributed by atoms with van der Waals surface area (Å²) in [7, 11) is 0. The smallest absolute Gasteiger partial charge is 0.343 e. The largest absolute Gasteiger partial charge is 0.494 e. The van der Waals surface area contributed by atoms with Crippen molar-refractivity contribution in [2.45, 2.75) is 58.3 Å². The molecule has 0 atom stereocenters. The van der Waals surface area contributed by atoms with E-state index in [1.807, 2.05) is 30.3 Å². The van der Waals surface area contributed by atoms with Crippen molar-refractivity contribution in [3.05, 3.63) is 84.2 Å². The molecule has 0 saturated heterocycles. The normalized spacial score (nSPS) is 11.0. The van der Waals surface area contributed by atoms with E-state index in [0.717, 1.165) is 23.6 Å². The molecule has 0 spiro atoms. The van der Waals surface area contributed by atoms with E-state index in [1.54, 1.807) is 48.8 Å². The van der Waals surface area contributed by atoms with E-state index in [9.17, 15) is 4.79 Å². The van der Waals surface area contributed by atoms with Gasteiger partial charge in [0.05, 0.1) is 29.8 Å². The molecule has 0 aliphatic carbocycles. The third kappa shape index (κ3) is 9.18. The summed E-state index contributed by atoms with van der Waals surface area (Å²) in [6, 6.07) is 19.8. The fourth-order valence-corrected chi connectivity index (χ4v) is 3.47. The van der Waals surface area contributed by atoms with Gasteiger partial charge in [0.2, 0.25) is 0 Å². The zero-order chi connectivity index (χ0) is 23.8. The standard InChI is InChI=1S/C29H34N2O3/c1-2-3-4-5-6-7-8-11-22-33-27-17-13-24(14-18-27)29(32)34-28-19-15-25(16-20-28)31-23-26-12-9-10-21-30-26/h9-10,12-21,23H,2-8,11,22H2,1H3. The maximum Gasteiger partial charge on any atom is 0.343 e. The second kappa shape index (κ2) is 14.6. The molecule has 5 heteroatoms. The van der Waals surface area contributed by atoms with Crippen LogP contribution in [0.5, 0.6) is 11.5 Å². The molecule has 0 aliphatic heterocycles. The highest BCUT2D eigenvalue weighted by molar-refractivity contribution is 5.91. The van der Waals surface area contributed by atoms with Crippen molar-refractivity contribution >= 4 is 17.9 Å². The quantitative estimate of drug-likeness (QED) is 0.108. The zero-order valence-corrected chi connectivity index (χ0v) is 20.0. The third-order valence-corrected chi connectivity index (χ3v) is 5.44. The minimum atomic E-state index is -0.403. The van der Waals surface area contributed by atoms with Gasteiger partial charge in [0.1, 0.15) is 11.5 Å². The molecular weight excluding hydrogens is 424 g/mol. The van der Waals surface area contributed by atoms with E-state index in [4.69, 9.17) is 9.47 Å². The van der Waals surface area contributed by atoms with Crippen LogP contribution in [0.2, 0.25) is 0 Å².